The van der Waals surface area contributed by atoms with Gasteiger partial charge in [-0.1, -0.05) is 12.2 Å². The quantitative estimate of drug-likeness (QED) is 0.601. The molecule has 1 aromatic rings. The standard InChI is InChI=1S/C7H10N4/c1-3-5-7-8-9-10-11(7)6-4-2/h3-5H,2,6H2,1H3/b5-3+. The third-order valence-electron chi connectivity index (χ3n) is 1.18. The van der Waals surface area contributed by atoms with Crippen LogP contribution in [0.15, 0.2) is 18.7 Å². The van der Waals surface area contributed by atoms with E-state index in [0.29, 0.717) is 6.54 Å². The van der Waals surface area contributed by atoms with E-state index in [1.54, 1.807) is 10.8 Å². The van der Waals surface area contributed by atoms with Crippen molar-refractivity contribution in [3.8, 4) is 0 Å². The summed E-state index contributed by atoms with van der Waals surface area (Å²) in [5, 5.41) is 11.1. The summed E-state index contributed by atoms with van der Waals surface area (Å²) < 4.78 is 1.67. The molecule has 0 fully saturated rings. The summed E-state index contributed by atoms with van der Waals surface area (Å²) in [5.74, 6) is 0.757. The fourth-order valence-electron chi connectivity index (χ4n) is 0.732. The van der Waals surface area contributed by atoms with Crippen LogP contribution in [0.25, 0.3) is 6.08 Å². The van der Waals surface area contributed by atoms with Crippen LogP contribution in [0, 0.1) is 0 Å². The normalized spacial score (nSPS) is 10.6. The van der Waals surface area contributed by atoms with E-state index < -0.39 is 0 Å². The third-order valence-corrected chi connectivity index (χ3v) is 1.18. The first kappa shape index (κ1) is 7.65. The number of hydrogen-bond donors (Lipinski definition) is 0. The lowest BCUT2D eigenvalue weighted by atomic mass is 10.5. The van der Waals surface area contributed by atoms with Crippen molar-refractivity contribution in [2.45, 2.75) is 13.5 Å². The number of aromatic nitrogens is 4. The number of rotatable bonds is 3. The highest BCUT2D eigenvalue weighted by Crippen LogP contribution is 1.94. The highest BCUT2D eigenvalue weighted by molar-refractivity contribution is 5.37. The molecule has 0 aliphatic carbocycles. The number of allylic oxidation sites excluding steroid dienone is 2. The second kappa shape index (κ2) is 3.65. The van der Waals surface area contributed by atoms with Crippen LogP contribution < -0.4 is 0 Å². The van der Waals surface area contributed by atoms with Gasteiger partial charge in [-0.3, -0.25) is 0 Å². The molecule has 0 aromatic carbocycles. The van der Waals surface area contributed by atoms with Crippen molar-refractivity contribution >= 4 is 6.08 Å². The van der Waals surface area contributed by atoms with Gasteiger partial charge in [0.2, 0.25) is 0 Å². The van der Waals surface area contributed by atoms with E-state index >= 15 is 0 Å². The first-order chi connectivity index (χ1) is 5.38. The Bertz CT molecular complexity index is 261. The van der Waals surface area contributed by atoms with Gasteiger partial charge in [0.15, 0.2) is 5.82 Å². The highest BCUT2D eigenvalue weighted by Gasteiger charge is 1.97. The number of hydrogen-bond acceptors (Lipinski definition) is 3. The molecule has 0 saturated carbocycles. The molecular weight excluding hydrogens is 140 g/mol. The maximum Gasteiger partial charge on any atom is 0.174 e. The molecule has 0 N–H and O–H groups in total. The molecule has 0 radical (unpaired) electrons. The average molecular weight is 150 g/mol. The zero-order valence-corrected chi connectivity index (χ0v) is 6.44. The Labute approximate surface area is 65.2 Å². The zero-order chi connectivity index (χ0) is 8.10. The molecule has 0 unspecified atom stereocenters. The van der Waals surface area contributed by atoms with Crippen LogP contribution >= 0.6 is 0 Å². The van der Waals surface area contributed by atoms with E-state index in [1.807, 2.05) is 19.1 Å². The summed E-state index contributed by atoms with van der Waals surface area (Å²) in [4.78, 5) is 0. The third kappa shape index (κ3) is 1.73. The topological polar surface area (TPSA) is 43.6 Å². The van der Waals surface area contributed by atoms with Gasteiger partial charge >= 0.3 is 0 Å². The maximum absolute atomic E-state index is 3.79. The monoisotopic (exact) mass is 150 g/mol. The van der Waals surface area contributed by atoms with Crippen molar-refractivity contribution in [3.05, 3.63) is 24.6 Å². The highest BCUT2D eigenvalue weighted by atomic mass is 15.5. The van der Waals surface area contributed by atoms with Gasteiger partial charge in [-0.15, -0.1) is 11.7 Å². The molecule has 0 spiro atoms. The van der Waals surface area contributed by atoms with E-state index in [0.717, 1.165) is 5.82 Å². The van der Waals surface area contributed by atoms with Gasteiger partial charge in [-0.2, -0.15) is 0 Å². The molecule has 58 valence electrons. The molecule has 0 aliphatic heterocycles. The lowest BCUT2D eigenvalue weighted by Crippen LogP contribution is -1.99. The van der Waals surface area contributed by atoms with E-state index in [4.69, 9.17) is 0 Å². The molecule has 1 aromatic heterocycles. The summed E-state index contributed by atoms with van der Waals surface area (Å²) in [6.07, 6.45) is 5.50. The lowest BCUT2D eigenvalue weighted by Gasteiger charge is -1.93. The molecule has 0 bridgehead atoms. The molecule has 4 nitrogen and oxygen atoms in total. The van der Waals surface area contributed by atoms with Gasteiger partial charge < -0.3 is 0 Å². The maximum atomic E-state index is 3.79. The van der Waals surface area contributed by atoms with Gasteiger partial charge in [0.25, 0.3) is 0 Å². The van der Waals surface area contributed by atoms with Crippen molar-refractivity contribution in [2.24, 2.45) is 0 Å². The smallest absolute Gasteiger partial charge is 0.174 e. The van der Waals surface area contributed by atoms with Crippen molar-refractivity contribution < 1.29 is 0 Å². The second-order valence-corrected chi connectivity index (χ2v) is 2.01. The molecule has 1 rings (SSSR count). The summed E-state index contributed by atoms with van der Waals surface area (Å²) in [6, 6.07) is 0. The van der Waals surface area contributed by atoms with Crippen LogP contribution in [0.1, 0.15) is 12.7 Å². The molecule has 0 amide bonds. The molecule has 0 atom stereocenters. The van der Waals surface area contributed by atoms with E-state index in [1.165, 1.54) is 0 Å². The van der Waals surface area contributed by atoms with E-state index in [2.05, 4.69) is 22.1 Å². The van der Waals surface area contributed by atoms with E-state index in [-0.39, 0.29) is 0 Å². The van der Waals surface area contributed by atoms with Crippen LogP contribution in [-0.4, -0.2) is 20.2 Å². The zero-order valence-electron chi connectivity index (χ0n) is 6.44. The van der Waals surface area contributed by atoms with Crippen LogP contribution in [0.5, 0.6) is 0 Å². The molecule has 0 saturated heterocycles. The van der Waals surface area contributed by atoms with Gasteiger partial charge in [-0.05, 0) is 23.4 Å². The number of tetrazole rings is 1. The Morgan fingerprint density at radius 3 is 3.09 bits per heavy atom. The Hall–Kier alpha value is -1.45. The molecule has 1 heterocycles. The molecular formula is C7H10N4. The number of nitrogens with zero attached hydrogens (tertiary/aromatic N) is 4. The summed E-state index contributed by atoms with van der Waals surface area (Å²) in [5.41, 5.74) is 0. The second-order valence-electron chi connectivity index (χ2n) is 2.01. The van der Waals surface area contributed by atoms with Gasteiger partial charge in [0, 0.05) is 0 Å². The fourth-order valence-corrected chi connectivity index (χ4v) is 0.732. The first-order valence-electron chi connectivity index (χ1n) is 3.38. The Balaban J connectivity index is 2.86. The average Bonchev–Trinajstić information content (AvgIpc) is 2.39. The molecule has 0 aliphatic rings. The minimum absolute atomic E-state index is 0.646. The van der Waals surface area contributed by atoms with E-state index in [9.17, 15) is 0 Å². The van der Waals surface area contributed by atoms with Crippen molar-refractivity contribution in [2.75, 3.05) is 0 Å². The molecule has 11 heavy (non-hydrogen) atoms. The van der Waals surface area contributed by atoms with Crippen LogP contribution in [0.2, 0.25) is 0 Å². The first-order valence-corrected chi connectivity index (χ1v) is 3.38. The SMILES string of the molecule is C=CCn1nnnc1/C=C/C. The predicted molar refractivity (Wildman–Crippen MR) is 42.7 cm³/mol. The minimum Gasteiger partial charge on any atom is -0.222 e. The Kier molecular flexibility index (Phi) is 2.54. The molecule has 4 heteroatoms. The van der Waals surface area contributed by atoms with Crippen LogP contribution in [-0.2, 0) is 6.54 Å². The van der Waals surface area contributed by atoms with Gasteiger partial charge in [-0.25, -0.2) is 4.68 Å². The van der Waals surface area contributed by atoms with Gasteiger partial charge in [0.1, 0.15) is 0 Å². The van der Waals surface area contributed by atoms with Crippen molar-refractivity contribution in [3.63, 3.8) is 0 Å². The summed E-state index contributed by atoms with van der Waals surface area (Å²) >= 11 is 0. The summed E-state index contributed by atoms with van der Waals surface area (Å²) in [7, 11) is 0. The lowest BCUT2D eigenvalue weighted by molar-refractivity contribution is 0.656. The minimum atomic E-state index is 0.646. The summed E-state index contributed by atoms with van der Waals surface area (Å²) in [6.45, 7) is 6.17. The van der Waals surface area contributed by atoms with Crippen LogP contribution in [0.4, 0.5) is 0 Å². The Morgan fingerprint density at radius 1 is 1.64 bits per heavy atom. The predicted octanol–water partition coefficient (Wildman–Crippen LogP) is 0.892. The van der Waals surface area contributed by atoms with Gasteiger partial charge in [0.05, 0.1) is 6.54 Å². The largest absolute Gasteiger partial charge is 0.222 e. The Morgan fingerprint density at radius 2 is 2.45 bits per heavy atom. The van der Waals surface area contributed by atoms with Crippen molar-refractivity contribution in [1.82, 2.24) is 20.2 Å². The van der Waals surface area contributed by atoms with Crippen molar-refractivity contribution in [1.29, 1.82) is 0 Å². The van der Waals surface area contributed by atoms with Crippen LogP contribution in [0.3, 0.4) is 0 Å². The fraction of sp³-hybridized carbons (Fsp3) is 0.286.